The van der Waals surface area contributed by atoms with Crippen molar-refractivity contribution in [1.29, 1.82) is 0 Å². The van der Waals surface area contributed by atoms with E-state index in [1.165, 1.54) is 11.1 Å². The maximum Gasteiger partial charge on any atom is 0.248 e. The summed E-state index contributed by atoms with van der Waals surface area (Å²) < 4.78 is 26.4. The molecule has 0 heterocycles. The van der Waals surface area contributed by atoms with E-state index < -0.39 is 5.92 Å². The molecular weight excluding hydrogens is 310 g/mol. The Morgan fingerprint density at radius 1 is 1.42 bits per heavy atom. The number of hydrogen-bond donors (Lipinski definition) is 0. The Balaban J connectivity index is 1.90. The molecule has 1 saturated carbocycles. The highest BCUT2D eigenvalue weighted by Gasteiger charge is 2.39. The van der Waals surface area contributed by atoms with E-state index in [1.54, 1.807) is 0 Å². The maximum absolute atomic E-state index is 13.2. The second kappa shape index (κ2) is 6.34. The molecule has 1 aromatic carbocycles. The van der Waals surface area contributed by atoms with Crippen molar-refractivity contribution in [3.8, 4) is 0 Å². The number of aryl methyl sites for hydroxylation is 1. The zero-order valence-corrected chi connectivity index (χ0v) is 12.9. The van der Waals surface area contributed by atoms with E-state index in [1.807, 2.05) is 0 Å². The fourth-order valence-electron chi connectivity index (χ4n) is 3.09. The highest BCUT2D eigenvalue weighted by atomic mass is 79.9. The van der Waals surface area contributed by atoms with Gasteiger partial charge in [0.1, 0.15) is 0 Å². The molecule has 19 heavy (non-hydrogen) atoms. The van der Waals surface area contributed by atoms with Gasteiger partial charge in [-0.05, 0) is 43.6 Å². The average Bonchev–Trinajstić information content (AvgIpc) is 2.68. The monoisotopic (exact) mass is 330 g/mol. The Kier molecular flexibility index (Phi) is 4.99. The molecule has 2 atom stereocenters. The van der Waals surface area contributed by atoms with Gasteiger partial charge in [-0.15, -0.1) is 0 Å². The van der Waals surface area contributed by atoms with Crippen LogP contribution in [0.3, 0.4) is 0 Å². The molecule has 0 aromatic heterocycles. The van der Waals surface area contributed by atoms with Crippen LogP contribution in [-0.4, -0.2) is 11.3 Å². The van der Waals surface area contributed by atoms with Crippen molar-refractivity contribution < 1.29 is 8.78 Å². The third-order valence-corrected chi connectivity index (χ3v) is 4.91. The Morgan fingerprint density at radius 3 is 2.79 bits per heavy atom. The molecule has 1 aliphatic rings. The normalized spacial score (nSPS) is 23.5. The van der Waals surface area contributed by atoms with Crippen LogP contribution in [-0.2, 0) is 6.42 Å². The molecule has 0 bridgehead atoms. The molecule has 0 N–H and O–H groups in total. The van der Waals surface area contributed by atoms with Gasteiger partial charge in [-0.1, -0.05) is 45.8 Å². The lowest BCUT2D eigenvalue weighted by molar-refractivity contribution is 0.00419. The molecule has 106 valence electrons. The van der Waals surface area contributed by atoms with Crippen molar-refractivity contribution in [2.45, 2.75) is 45.0 Å². The standard InChI is InChI=1S/C16H21BrF2/c1-12-3-2-4-13(7-12)8-15(11-17)9-14-5-6-16(18,19)10-14/h2-4,7,14-15H,5-6,8-11H2,1H3. The van der Waals surface area contributed by atoms with Crippen molar-refractivity contribution in [1.82, 2.24) is 0 Å². The molecule has 2 rings (SSSR count). The minimum atomic E-state index is -2.41. The summed E-state index contributed by atoms with van der Waals surface area (Å²) in [6.07, 6.45) is 2.75. The van der Waals surface area contributed by atoms with Crippen molar-refractivity contribution in [2.75, 3.05) is 5.33 Å². The zero-order chi connectivity index (χ0) is 13.9. The summed E-state index contributed by atoms with van der Waals surface area (Å²) in [5.74, 6) is -1.76. The number of halogens is 3. The summed E-state index contributed by atoms with van der Waals surface area (Å²) in [5.41, 5.74) is 2.58. The van der Waals surface area contributed by atoms with Gasteiger partial charge in [0.05, 0.1) is 0 Å². The minimum absolute atomic E-state index is 0.0805. The van der Waals surface area contributed by atoms with E-state index in [9.17, 15) is 8.78 Å². The third-order valence-electron chi connectivity index (χ3n) is 4.00. The molecule has 0 saturated heterocycles. The lowest BCUT2D eigenvalue weighted by atomic mass is 9.89. The summed E-state index contributed by atoms with van der Waals surface area (Å²) in [5, 5.41) is 0.892. The van der Waals surface area contributed by atoms with Crippen molar-refractivity contribution in [2.24, 2.45) is 11.8 Å². The van der Waals surface area contributed by atoms with Crippen LogP contribution in [0.1, 0.15) is 36.8 Å². The van der Waals surface area contributed by atoms with Crippen LogP contribution < -0.4 is 0 Å². The Morgan fingerprint density at radius 2 is 2.21 bits per heavy atom. The predicted molar refractivity (Wildman–Crippen MR) is 79.1 cm³/mol. The molecular formula is C16H21BrF2. The summed E-state index contributed by atoms with van der Waals surface area (Å²) in [7, 11) is 0. The van der Waals surface area contributed by atoms with E-state index in [0.717, 1.165) is 18.2 Å². The van der Waals surface area contributed by atoms with Crippen molar-refractivity contribution in [3.63, 3.8) is 0 Å². The molecule has 0 spiro atoms. The van der Waals surface area contributed by atoms with E-state index in [4.69, 9.17) is 0 Å². The maximum atomic E-state index is 13.2. The third kappa shape index (κ3) is 4.55. The van der Waals surface area contributed by atoms with Crippen LogP contribution in [0.5, 0.6) is 0 Å². The summed E-state index contributed by atoms with van der Waals surface area (Å²) >= 11 is 3.54. The lowest BCUT2D eigenvalue weighted by Crippen LogP contribution is -2.14. The molecule has 0 amide bonds. The predicted octanol–water partition coefficient (Wildman–Crippen LogP) is 5.37. The van der Waals surface area contributed by atoms with Crippen LogP contribution in [0.2, 0.25) is 0 Å². The van der Waals surface area contributed by atoms with Gasteiger partial charge in [-0.2, -0.15) is 0 Å². The second-order valence-electron chi connectivity index (χ2n) is 5.91. The smallest absolute Gasteiger partial charge is 0.207 e. The van der Waals surface area contributed by atoms with Crippen LogP contribution >= 0.6 is 15.9 Å². The number of benzene rings is 1. The van der Waals surface area contributed by atoms with Crippen molar-refractivity contribution in [3.05, 3.63) is 35.4 Å². The van der Waals surface area contributed by atoms with Crippen LogP contribution in [0.4, 0.5) is 8.78 Å². The van der Waals surface area contributed by atoms with Crippen LogP contribution in [0.25, 0.3) is 0 Å². The number of rotatable bonds is 5. The van der Waals surface area contributed by atoms with Crippen LogP contribution in [0.15, 0.2) is 24.3 Å². The van der Waals surface area contributed by atoms with Gasteiger partial charge in [0.25, 0.3) is 0 Å². The van der Waals surface area contributed by atoms with Crippen LogP contribution in [0, 0.1) is 18.8 Å². The van der Waals surface area contributed by atoms with Gasteiger partial charge in [0, 0.05) is 18.2 Å². The quantitative estimate of drug-likeness (QED) is 0.636. The number of alkyl halides is 3. The molecule has 1 fully saturated rings. The van der Waals surface area contributed by atoms with E-state index in [-0.39, 0.29) is 18.8 Å². The average molecular weight is 331 g/mol. The summed E-state index contributed by atoms with van der Waals surface area (Å²) in [6.45, 7) is 2.09. The van der Waals surface area contributed by atoms with Gasteiger partial charge in [-0.25, -0.2) is 8.78 Å². The Labute approximate surface area is 122 Å². The van der Waals surface area contributed by atoms with E-state index >= 15 is 0 Å². The fourth-order valence-corrected chi connectivity index (χ4v) is 3.58. The van der Waals surface area contributed by atoms with E-state index in [0.29, 0.717) is 12.3 Å². The van der Waals surface area contributed by atoms with Gasteiger partial charge in [0.2, 0.25) is 5.92 Å². The summed E-state index contributed by atoms with van der Waals surface area (Å²) in [6, 6.07) is 8.48. The highest BCUT2D eigenvalue weighted by molar-refractivity contribution is 9.09. The molecule has 0 radical (unpaired) electrons. The number of hydrogen-bond acceptors (Lipinski definition) is 0. The minimum Gasteiger partial charge on any atom is -0.207 e. The lowest BCUT2D eigenvalue weighted by Gasteiger charge is -2.19. The molecule has 0 nitrogen and oxygen atoms in total. The molecule has 3 heteroatoms. The first-order valence-corrected chi connectivity index (χ1v) is 8.10. The van der Waals surface area contributed by atoms with Gasteiger partial charge < -0.3 is 0 Å². The summed E-state index contributed by atoms with van der Waals surface area (Å²) in [4.78, 5) is 0. The van der Waals surface area contributed by atoms with Gasteiger partial charge in [-0.3, -0.25) is 0 Å². The molecule has 2 unspecified atom stereocenters. The largest absolute Gasteiger partial charge is 0.248 e. The Bertz CT molecular complexity index is 417. The fraction of sp³-hybridized carbons (Fsp3) is 0.625. The van der Waals surface area contributed by atoms with Gasteiger partial charge in [0.15, 0.2) is 0 Å². The first-order valence-electron chi connectivity index (χ1n) is 6.98. The zero-order valence-electron chi connectivity index (χ0n) is 11.3. The SMILES string of the molecule is Cc1cccc(CC(CBr)CC2CCC(F)(F)C2)c1. The molecule has 1 aliphatic carbocycles. The molecule has 0 aliphatic heterocycles. The van der Waals surface area contributed by atoms with Gasteiger partial charge >= 0.3 is 0 Å². The first kappa shape index (κ1) is 15.0. The molecule has 1 aromatic rings. The topological polar surface area (TPSA) is 0 Å². The Hall–Kier alpha value is -0.440. The highest BCUT2D eigenvalue weighted by Crippen LogP contribution is 2.42. The van der Waals surface area contributed by atoms with E-state index in [2.05, 4.69) is 47.1 Å². The second-order valence-corrected chi connectivity index (χ2v) is 6.56. The first-order chi connectivity index (χ1) is 8.98. The van der Waals surface area contributed by atoms with Crippen molar-refractivity contribution >= 4 is 15.9 Å².